The first-order valence-corrected chi connectivity index (χ1v) is 9.20. The SMILES string of the molecule is Cc1ncc([C@@H](C)NC[C@H]2CCCN(C(=O)OC(C)(C)C)C2)s1. The van der Waals surface area contributed by atoms with Crippen LogP contribution in [0.25, 0.3) is 0 Å². The smallest absolute Gasteiger partial charge is 0.410 e. The highest BCUT2D eigenvalue weighted by Crippen LogP contribution is 2.22. The summed E-state index contributed by atoms with van der Waals surface area (Å²) in [5.41, 5.74) is -0.430. The minimum absolute atomic E-state index is 0.187. The maximum absolute atomic E-state index is 12.2. The van der Waals surface area contributed by atoms with Crippen LogP contribution in [0.5, 0.6) is 0 Å². The second-order valence-electron chi connectivity index (χ2n) is 7.35. The molecule has 1 aliphatic rings. The molecular formula is C17H29N3O2S. The predicted octanol–water partition coefficient (Wildman–Crippen LogP) is 3.75. The zero-order valence-corrected chi connectivity index (χ0v) is 15.7. The number of rotatable bonds is 4. The number of ether oxygens (including phenoxy) is 1. The summed E-state index contributed by atoms with van der Waals surface area (Å²) in [6.07, 6.45) is 3.96. The first-order valence-electron chi connectivity index (χ1n) is 8.38. The average molecular weight is 340 g/mol. The Morgan fingerprint density at radius 2 is 2.30 bits per heavy atom. The molecule has 0 aliphatic carbocycles. The van der Waals surface area contributed by atoms with Gasteiger partial charge in [0.25, 0.3) is 0 Å². The number of nitrogens with one attached hydrogen (secondary N) is 1. The molecule has 2 atom stereocenters. The summed E-state index contributed by atoms with van der Waals surface area (Å²) in [5.74, 6) is 0.479. The molecule has 1 aliphatic heterocycles. The standard InChI is InChI=1S/C17H29N3O2S/c1-12(15-10-19-13(2)23-15)18-9-14-7-6-8-20(11-14)16(21)22-17(3,4)5/h10,12,14,18H,6-9,11H2,1-5H3/t12-,14-/m1/s1. The molecule has 0 spiro atoms. The van der Waals surface area contributed by atoms with E-state index in [9.17, 15) is 4.79 Å². The van der Waals surface area contributed by atoms with Gasteiger partial charge in [-0.05, 0) is 53.4 Å². The molecule has 0 aromatic carbocycles. The monoisotopic (exact) mass is 339 g/mol. The number of aryl methyl sites for hydroxylation is 1. The summed E-state index contributed by atoms with van der Waals surface area (Å²) in [5, 5.41) is 4.68. The minimum Gasteiger partial charge on any atom is -0.444 e. The molecule has 0 radical (unpaired) electrons. The van der Waals surface area contributed by atoms with E-state index in [1.54, 1.807) is 11.3 Å². The lowest BCUT2D eigenvalue weighted by Gasteiger charge is -2.34. The van der Waals surface area contributed by atoms with Gasteiger partial charge >= 0.3 is 6.09 Å². The van der Waals surface area contributed by atoms with Gasteiger partial charge in [0.2, 0.25) is 0 Å². The summed E-state index contributed by atoms with van der Waals surface area (Å²) in [6, 6.07) is 0.304. The molecule has 0 saturated carbocycles. The molecule has 2 rings (SSSR count). The zero-order chi connectivity index (χ0) is 17.0. The van der Waals surface area contributed by atoms with E-state index in [-0.39, 0.29) is 6.09 Å². The molecule has 1 aromatic rings. The quantitative estimate of drug-likeness (QED) is 0.908. The van der Waals surface area contributed by atoms with Gasteiger partial charge < -0.3 is 15.0 Å². The van der Waals surface area contributed by atoms with Gasteiger partial charge in [-0.3, -0.25) is 0 Å². The third-order valence-corrected chi connectivity index (χ3v) is 5.04. The number of carbonyl (C=O) groups excluding carboxylic acids is 1. The number of likely N-dealkylation sites (tertiary alicyclic amines) is 1. The van der Waals surface area contributed by atoms with E-state index in [0.717, 1.165) is 37.5 Å². The molecule has 1 amide bonds. The van der Waals surface area contributed by atoms with Gasteiger partial charge in [-0.15, -0.1) is 11.3 Å². The summed E-state index contributed by atoms with van der Waals surface area (Å²) < 4.78 is 5.48. The zero-order valence-electron chi connectivity index (χ0n) is 14.9. The lowest BCUT2D eigenvalue weighted by atomic mass is 9.98. The average Bonchev–Trinajstić information content (AvgIpc) is 2.90. The second-order valence-corrected chi connectivity index (χ2v) is 8.61. The Bertz CT molecular complexity index is 524. The summed E-state index contributed by atoms with van der Waals surface area (Å²) >= 11 is 1.74. The van der Waals surface area contributed by atoms with Gasteiger partial charge in [0, 0.05) is 36.8 Å². The van der Waals surface area contributed by atoms with Crippen LogP contribution in [0, 0.1) is 12.8 Å². The van der Waals surface area contributed by atoms with Gasteiger partial charge in [-0.2, -0.15) is 0 Å². The van der Waals surface area contributed by atoms with E-state index in [1.807, 2.05) is 38.8 Å². The van der Waals surface area contributed by atoms with E-state index >= 15 is 0 Å². The predicted molar refractivity (Wildman–Crippen MR) is 93.8 cm³/mol. The van der Waals surface area contributed by atoms with Crippen LogP contribution < -0.4 is 5.32 Å². The van der Waals surface area contributed by atoms with Crippen LogP contribution in [0.1, 0.15) is 56.5 Å². The molecule has 2 heterocycles. The first kappa shape index (κ1) is 18.2. The number of thiazole rings is 1. The maximum atomic E-state index is 12.2. The Hall–Kier alpha value is -1.14. The normalized spacial score (nSPS) is 20.4. The largest absolute Gasteiger partial charge is 0.444 e. The lowest BCUT2D eigenvalue weighted by Crippen LogP contribution is -2.45. The van der Waals surface area contributed by atoms with Gasteiger partial charge in [0.05, 0.1) is 5.01 Å². The van der Waals surface area contributed by atoms with Crippen molar-refractivity contribution in [2.45, 2.75) is 59.1 Å². The van der Waals surface area contributed by atoms with Crippen molar-refractivity contribution in [1.82, 2.24) is 15.2 Å². The van der Waals surface area contributed by atoms with Crippen molar-refractivity contribution in [2.24, 2.45) is 5.92 Å². The van der Waals surface area contributed by atoms with Crippen LogP contribution in [0.2, 0.25) is 0 Å². The van der Waals surface area contributed by atoms with E-state index in [0.29, 0.717) is 12.0 Å². The molecule has 1 saturated heterocycles. The Morgan fingerprint density at radius 1 is 1.57 bits per heavy atom. The number of amides is 1. The van der Waals surface area contributed by atoms with Crippen molar-refractivity contribution in [2.75, 3.05) is 19.6 Å². The Kier molecular flexibility index (Phi) is 6.03. The summed E-state index contributed by atoms with van der Waals surface area (Å²) in [6.45, 7) is 12.4. The van der Waals surface area contributed by atoms with E-state index < -0.39 is 5.60 Å². The fourth-order valence-corrected chi connectivity index (χ4v) is 3.56. The number of hydrogen-bond donors (Lipinski definition) is 1. The van der Waals surface area contributed by atoms with Crippen molar-refractivity contribution in [3.05, 3.63) is 16.1 Å². The van der Waals surface area contributed by atoms with Crippen LogP contribution in [0.3, 0.4) is 0 Å². The molecule has 5 nitrogen and oxygen atoms in total. The molecule has 130 valence electrons. The highest BCUT2D eigenvalue weighted by atomic mass is 32.1. The van der Waals surface area contributed by atoms with Crippen LogP contribution in [-0.2, 0) is 4.74 Å². The van der Waals surface area contributed by atoms with Crippen LogP contribution in [0.15, 0.2) is 6.20 Å². The van der Waals surface area contributed by atoms with Crippen LogP contribution in [-0.4, -0.2) is 41.2 Å². The van der Waals surface area contributed by atoms with E-state index in [4.69, 9.17) is 4.74 Å². The van der Waals surface area contributed by atoms with Crippen molar-refractivity contribution >= 4 is 17.4 Å². The fraction of sp³-hybridized carbons (Fsp3) is 0.765. The summed E-state index contributed by atoms with van der Waals surface area (Å²) in [7, 11) is 0. The van der Waals surface area contributed by atoms with E-state index in [1.165, 1.54) is 4.88 Å². The van der Waals surface area contributed by atoms with Gasteiger partial charge in [-0.1, -0.05) is 0 Å². The third-order valence-electron chi connectivity index (χ3n) is 3.95. The molecule has 6 heteroatoms. The molecule has 1 N–H and O–H groups in total. The first-order chi connectivity index (χ1) is 10.7. The molecule has 1 aromatic heterocycles. The van der Waals surface area contributed by atoms with E-state index in [2.05, 4.69) is 17.2 Å². The lowest BCUT2D eigenvalue weighted by molar-refractivity contribution is 0.0165. The van der Waals surface area contributed by atoms with Crippen molar-refractivity contribution in [3.63, 3.8) is 0 Å². The minimum atomic E-state index is -0.430. The molecule has 1 fully saturated rings. The number of piperidine rings is 1. The molecule has 0 unspecified atom stereocenters. The highest BCUT2D eigenvalue weighted by molar-refractivity contribution is 7.11. The Morgan fingerprint density at radius 3 is 2.91 bits per heavy atom. The van der Waals surface area contributed by atoms with Crippen molar-refractivity contribution < 1.29 is 9.53 Å². The molecule has 0 bridgehead atoms. The van der Waals surface area contributed by atoms with Crippen molar-refractivity contribution in [3.8, 4) is 0 Å². The Labute approximate surface area is 143 Å². The number of nitrogens with zero attached hydrogens (tertiary/aromatic N) is 2. The number of carbonyl (C=O) groups is 1. The number of hydrogen-bond acceptors (Lipinski definition) is 5. The second kappa shape index (κ2) is 7.62. The van der Waals surface area contributed by atoms with Gasteiger partial charge in [0.15, 0.2) is 0 Å². The third kappa shape index (κ3) is 5.77. The maximum Gasteiger partial charge on any atom is 0.410 e. The topological polar surface area (TPSA) is 54.5 Å². The fourth-order valence-electron chi connectivity index (χ4n) is 2.75. The van der Waals surface area contributed by atoms with Gasteiger partial charge in [0.1, 0.15) is 5.60 Å². The highest BCUT2D eigenvalue weighted by Gasteiger charge is 2.27. The molecular weight excluding hydrogens is 310 g/mol. The van der Waals surface area contributed by atoms with Crippen LogP contribution >= 0.6 is 11.3 Å². The Balaban J connectivity index is 1.81. The number of aromatic nitrogens is 1. The van der Waals surface area contributed by atoms with Gasteiger partial charge in [-0.25, -0.2) is 9.78 Å². The van der Waals surface area contributed by atoms with Crippen LogP contribution in [0.4, 0.5) is 4.79 Å². The summed E-state index contributed by atoms with van der Waals surface area (Å²) in [4.78, 5) is 19.6. The molecule has 23 heavy (non-hydrogen) atoms. The van der Waals surface area contributed by atoms with Crippen molar-refractivity contribution in [1.29, 1.82) is 0 Å².